The summed E-state index contributed by atoms with van der Waals surface area (Å²) in [6.07, 6.45) is 2.87. The van der Waals surface area contributed by atoms with Crippen LogP contribution < -0.4 is 15.0 Å². The number of hydrogen-bond acceptors (Lipinski definition) is 5. The van der Waals surface area contributed by atoms with Gasteiger partial charge in [0, 0.05) is 49.7 Å². The van der Waals surface area contributed by atoms with Crippen LogP contribution in [-0.2, 0) is 24.1 Å². The molecule has 0 aliphatic carbocycles. The first-order chi connectivity index (χ1) is 16.0. The van der Waals surface area contributed by atoms with E-state index in [1.165, 1.54) is 41.7 Å². The number of benzene rings is 2. The van der Waals surface area contributed by atoms with Crippen molar-refractivity contribution >= 4 is 26.6 Å². The second-order valence-corrected chi connectivity index (χ2v) is 9.55. The van der Waals surface area contributed by atoms with Gasteiger partial charge in [-0.25, -0.2) is 21.6 Å². The molecule has 178 valence electrons. The average molecular weight is 492 g/mol. The molecule has 2 aromatic heterocycles. The van der Waals surface area contributed by atoms with Crippen LogP contribution in [0.25, 0.3) is 22.0 Å². The predicted octanol–water partition coefficient (Wildman–Crippen LogP) is 3.91. The zero-order valence-electron chi connectivity index (χ0n) is 18.3. The summed E-state index contributed by atoms with van der Waals surface area (Å²) in [5, 5.41) is 4.51. The number of sulfonamides is 1. The first kappa shape index (κ1) is 23.4. The maximum absolute atomic E-state index is 15.3. The lowest BCUT2D eigenvalue weighted by Crippen LogP contribution is -2.16. The molecule has 0 aliphatic rings. The molecule has 0 atom stereocenters. The molecule has 12 heteroatoms. The summed E-state index contributed by atoms with van der Waals surface area (Å²) in [5.74, 6) is -4.10. The number of nitrogens with zero attached hydrogens (tertiary/aromatic N) is 3. The topological polar surface area (TPSA) is 95.2 Å². The van der Waals surface area contributed by atoms with Gasteiger partial charge in [-0.2, -0.15) is 5.10 Å². The lowest BCUT2D eigenvalue weighted by molar-refractivity contribution is 0.413. The minimum Gasteiger partial charge on any atom is -0.451 e. The number of aromatic nitrogens is 3. The number of rotatable bonds is 6. The molecule has 34 heavy (non-hydrogen) atoms. The number of aryl methyl sites for hydroxylation is 2. The van der Waals surface area contributed by atoms with Crippen LogP contribution in [0.2, 0.25) is 0 Å². The van der Waals surface area contributed by atoms with Crippen molar-refractivity contribution in [1.29, 1.82) is 0 Å². The van der Waals surface area contributed by atoms with Gasteiger partial charge < -0.3 is 9.30 Å². The first-order valence-electron chi connectivity index (χ1n) is 9.99. The van der Waals surface area contributed by atoms with Gasteiger partial charge in [0.05, 0.1) is 16.8 Å². The fourth-order valence-electron chi connectivity index (χ4n) is 3.42. The van der Waals surface area contributed by atoms with Gasteiger partial charge in [0.2, 0.25) is 10.0 Å². The lowest BCUT2D eigenvalue weighted by Gasteiger charge is -2.16. The number of halogens is 3. The molecule has 0 amide bonds. The van der Waals surface area contributed by atoms with Crippen molar-refractivity contribution in [2.24, 2.45) is 14.1 Å². The van der Waals surface area contributed by atoms with Crippen LogP contribution in [0.4, 0.5) is 18.9 Å². The molecule has 0 aliphatic heterocycles. The predicted molar refractivity (Wildman–Crippen MR) is 121 cm³/mol. The third kappa shape index (κ3) is 4.36. The third-order valence-electron chi connectivity index (χ3n) is 5.05. The largest absolute Gasteiger partial charge is 0.451 e. The maximum atomic E-state index is 15.3. The van der Waals surface area contributed by atoms with Gasteiger partial charge in [-0.15, -0.1) is 0 Å². The van der Waals surface area contributed by atoms with E-state index in [-0.39, 0.29) is 39.0 Å². The molecule has 1 N–H and O–H groups in total. The van der Waals surface area contributed by atoms with E-state index in [9.17, 15) is 22.0 Å². The Morgan fingerprint density at radius 3 is 2.44 bits per heavy atom. The molecule has 2 aromatic carbocycles. The van der Waals surface area contributed by atoms with Gasteiger partial charge in [0.15, 0.2) is 23.1 Å². The Hall–Kier alpha value is -3.80. The van der Waals surface area contributed by atoms with Crippen molar-refractivity contribution in [3.8, 4) is 22.6 Å². The Labute approximate surface area is 192 Å². The first-order valence-corrected chi connectivity index (χ1v) is 11.6. The Kier molecular flexibility index (Phi) is 5.86. The van der Waals surface area contributed by atoms with Crippen LogP contribution in [0.3, 0.4) is 0 Å². The van der Waals surface area contributed by atoms with E-state index >= 15 is 4.39 Å². The zero-order valence-corrected chi connectivity index (χ0v) is 19.1. The molecule has 4 aromatic rings. The smallest absolute Gasteiger partial charge is 0.261 e. The highest BCUT2D eigenvalue weighted by Crippen LogP contribution is 2.40. The van der Waals surface area contributed by atoms with Crippen LogP contribution in [0, 0.1) is 17.5 Å². The molecular weight excluding hydrogens is 473 g/mol. The van der Waals surface area contributed by atoms with Crippen molar-refractivity contribution in [2.75, 3.05) is 10.5 Å². The fraction of sp³-hybridized carbons (Fsp3) is 0.182. The van der Waals surface area contributed by atoms with Crippen LogP contribution in [0.1, 0.15) is 6.92 Å². The lowest BCUT2D eigenvalue weighted by atomic mass is 10.0. The van der Waals surface area contributed by atoms with Crippen molar-refractivity contribution < 1.29 is 26.3 Å². The van der Waals surface area contributed by atoms with Crippen molar-refractivity contribution in [2.45, 2.75) is 6.92 Å². The van der Waals surface area contributed by atoms with Crippen molar-refractivity contribution in [3.63, 3.8) is 0 Å². The highest BCUT2D eigenvalue weighted by Gasteiger charge is 2.22. The number of ether oxygens (including phenoxy) is 1. The maximum Gasteiger partial charge on any atom is 0.261 e. The molecule has 0 unspecified atom stereocenters. The zero-order chi connectivity index (χ0) is 24.8. The van der Waals surface area contributed by atoms with Gasteiger partial charge in [0.1, 0.15) is 11.3 Å². The summed E-state index contributed by atoms with van der Waals surface area (Å²) >= 11 is 0. The number of pyridine rings is 1. The molecular formula is C22H19F3N4O4S. The van der Waals surface area contributed by atoms with E-state index in [1.54, 1.807) is 7.05 Å². The minimum atomic E-state index is -3.76. The average Bonchev–Trinajstić information content (AvgIpc) is 3.15. The Balaban J connectivity index is 2.01. The normalized spacial score (nSPS) is 11.7. The Morgan fingerprint density at radius 2 is 1.76 bits per heavy atom. The van der Waals surface area contributed by atoms with E-state index < -0.39 is 39.0 Å². The number of anilines is 1. The van der Waals surface area contributed by atoms with Crippen LogP contribution in [0.5, 0.6) is 11.5 Å². The second kappa shape index (κ2) is 8.52. The van der Waals surface area contributed by atoms with Crippen LogP contribution in [0.15, 0.2) is 47.5 Å². The summed E-state index contributed by atoms with van der Waals surface area (Å²) in [6.45, 7) is 1.42. The van der Waals surface area contributed by atoms with Gasteiger partial charge in [-0.05, 0) is 25.1 Å². The van der Waals surface area contributed by atoms with Crippen LogP contribution in [-0.4, -0.2) is 28.5 Å². The van der Waals surface area contributed by atoms with Gasteiger partial charge in [-0.3, -0.25) is 14.2 Å². The quantitative estimate of drug-likeness (QED) is 0.440. The summed E-state index contributed by atoms with van der Waals surface area (Å²) in [4.78, 5) is 12.6. The van der Waals surface area contributed by atoms with E-state index in [1.807, 2.05) is 0 Å². The molecule has 0 radical (unpaired) electrons. The third-order valence-corrected chi connectivity index (χ3v) is 6.36. The molecule has 8 nitrogen and oxygen atoms in total. The summed E-state index contributed by atoms with van der Waals surface area (Å²) < 4.78 is 77.5. The minimum absolute atomic E-state index is 0.00294. The van der Waals surface area contributed by atoms with E-state index in [4.69, 9.17) is 4.74 Å². The molecule has 0 bridgehead atoms. The SMILES string of the molecule is CCS(=O)(=O)Nc1cc(F)c(Oc2ccc(F)cc2F)c(-c2cn(C)c(=O)c3cn(C)nc23)c1. The molecule has 0 spiro atoms. The molecule has 0 saturated heterocycles. The van der Waals surface area contributed by atoms with Crippen molar-refractivity contribution in [1.82, 2.24) is 14.3 Å². The van der Waals surface area contributed by atoms with Gasteiger partial charge >= 0.3 is 0 Å². The number of hydrogen-bond donors (Lipinski definition) is 1. The van der Waals surface area contributed by atoms with Gasteiger partial charge in [0.25, 0.3) is 5.56 Å². The molecule has 2 heterocycles. The Bertz CT molecular complexity index is 1600. The molecule has 0 saturated carbocycles. The summed E-state index contributed by atoms with van der Waals surface area (Å²) in [7, 11) is -0.676. The van der Waals surface area contributed by atoms with Crippen LogP contribution >= 0.6 is 0 Å². The van der Waals surface area contributed by atoms with E-state index in [0.29, 0.717) is 6.07 Å². The number of fused-ring (bicyclic) bond motifs is 1. The highest BCUT2D eigenvalue weighted by atomic mass is 32.2. The second-order valence-electron chi connectivity index (χ2n) is 7.54. The Morgan fingerprint density at radius 1 is 1.03 bits per heavy atom. The highest BCUT2D eigenvalue weighted by molar-refractivity contribution is 7.92. The van der Waals surface area contributed by atoms with E-state index in [0.717, 1.165) is 18.2 Å². The number of nitrogens with one attached hydrogen (secondary N) is 1. The molecule has 4 rings (SSSR count). The van der Waals surface area contributed by atoms with E-state index in [2.05, 4.69) is 9.82 Å². The standard InChI is InChI=1S/C22H19F3N4O4S/c1-4-34(31,32)27-13-8-14(15-10-28(2)22(30)16-11-29(3)26-20(15)16)21(18(25)9-13)33-19-6-5-12(23)7-17(19)24/h5-11,27H,4H2,1-3H3. The van der Waals surface area contributed by atoms with Crippen molar-refractivity contribution in [3.05, 3.63) is 70.5 Å². The monoisotopic (exact) mass is 492 g/mol. The molecule has 0 fully saturated rings. The summed E-state index contributed by atoms with van der Waals surface area (Å²) in [6, 6.07) is 4.70. The fourth-order valence-corrected chi connectivity index (χ4v) is 4.04. The summed E-state index contributed by atoms with van der Waals surface area (Å²) in [5.41, 5.74) is -0.0464. The van der Waals surface area contributed by atoms with Gasteiger partial charge in [-0.1, -0.05) is 0 Å².